The number of carboxylic acids is 1. The van der Waals surface area contributed by atoms with Gasteiger partial charge in [0.05, 0.1) is 12.6 Å². The Kier molecular flexibility index (Phi) is 5.61. The normalized spacial score (nSPS) is 22.8. The van der Waals surface area contributed by atoms with Crippen LogP contribution in [0.3, 0.4) is 0 Å². The molecule has 6 heteroatoms. The fourth-order valence-electron chi connectivity index (χ4n) is 2.07. The standard InChI is InChI=1S/C13H15NO4.Li.H/c1-9-13(17)14(7-12(15)16)11(8-18-9)10-5-3-2-4-6-10;;/h2-6,9,11H,7-8H2,1H3,(H,15,16);;/t9-,11-;;/m0../s1. The van der Waals surface area contributed by atoms with Crippen molar-refractivity contribution in [1.29, 1.82) is 0 Å². The number of benzene rings is 1. The van der Waals surface area contributed by atoms with Gasteiger partial charge in [0.2, 0.25) is 0 Å². The third kappa shape index (κ3) is 3.60. The fourth-order valence-corrected chi connectivity index (χ4v) is 2.07. The maximum absolute atomic E-state index is 12.0. The molecule has 0 bridgehead atoms. The van der Waals surface area contributed by atoms with Crippen LogP contribution in [0.15, 0.2) is 30.3 Å². The van der Waals surface area contributed by atoms with E-state index in [1.54, 1.807) is 6.92 Å². The van der Waals surface area contributed by atoms with E-state index >= 15 is 0 Å². The molecule has 1 aliphatic rings. The van der Waals surface area contributed by atoms with Gasteiger partial charge in [-0.05, 0) is 12.5 Å². The van der Waals surface area contributed by atoms with Gasteiger partial charge in [0.25, 0.3) is 5.91 Å². The van der Waals surface area contributed by atoms with Crippen molar-refractivity contribution in [3.05, 3.63) is 35.9 Å². The number of nitrogens with zero attached hydrogens (tertiary/aromatic N) is 1. The van der Waals surface area contributed by atoms with Crippen LogP contribution in [0.1, 0.15) is 18.5 Å². The molecule has 0 aliphatic carbocycles. The van der Waals surface area contributed by atoms with Crippen molar-refractivity contribution in [3.63, 3.8) is 0 Å². The zero-order valence-electron chi connectivity index (χ0n) is 10.1. The van der Waals surface area contributed by atoms with Crippen LogP contribution in [0.4, 0.5) is 0 Å². The second-order valence-electron chi connectivity index (χ2n) is 4.26. The van der Waals surface area contributed by atoms with Gasteiger partial charge in [-0.3, -0.25) is 9.59 Å². The van der Waals surface area contributed by atoms with Crippen molar-refractivity contribution >= 4 is 30.7 Å². The van der Waals surface area contributed by atoms with Crippen LogP contribution < -0.4 is 0 Å². The van der Waals surface area contributed by atoms with Crippen LogP contribution in [0, 0.1) is 0 Å². The van der Waals surface area contributed by atoms with Gasteiger partial charge in [0.1, 0.15) is 12.6 Å². The topological polar surface area (TPSA) is 66.8 Å². The number of carbonyl (C=O) groups excluding carboxylic acids is 1. The van der Waals surface area contributed by atoms with Gasteiger partial charge >= 0.3 is 24.8 Å². The van der Waals surface area contributed by atoms with Crippen LogP contribution in [0.2, 0.25) is 0 Å². The monoisotopic (exact) mass is 257 g/mol. The Morgan fingerprint density at radius 3 is 2.63 bits per heavy atom. The van der Waals surface area contributed by atoms with E-state index in [0.29, 0.717) is 6.61 Å². The summed E-state index contributed by atoms with van der Waals surface area (Å²) in [7, 11) is 0. The second kappa shape index (κ2) is 6.76. The summed E-state index contributed by atoms with van der Waals surface area (Å²) in [5.74, 6) is -1.30. The molecule has 1 amide bonds. The van der Waals surface area contributed by atoms with Crippen LogP contribution in [0.5, 0.6) is 0 Å². The van der Waals surface area contributed by atoms with Crippen LogP contribution >= 0.6 is 0 Å². The molecule has 0 unspecified atom stereocenters. The molecule has 0 spiro atoms. The number of carboxylic acid groups (broad SMARTS) is 1. The predicted octanol–water partition coefficient (Wildman–Crippen LogP) is 0.411. The van der Waals surface area contributed by atoms with E-state index in [2.05, 4.69) is 0 Å². The third-order valence-electron chi connectivity index (χ3n) is 3.00. The molecule has 1 aromatic rings. The first-order valence-corrected chi connectivity index (χ1v) is 5.78. The number of amides is 1. The minimum atomic E-state index is -1.02. The summed E-state index contributed by atoms with van der Waals surface area (Å²) in [5, 5.41) is 8.90. The fraction of sp³-hybridized carbons (Fsp3) is 0.385. The van der Waals surface area contributed by atoms with E-state index < -0.39 is 12.1 Å². The molecule has 2 rings (SSSR count). The number of hydrogen-bond acceptors (Lipinski definition) is 3. The van der Waals surface area contributed by atoms with Crippen molar-refractivity contribution in [2.45, 2.75) is 19.1 Å². The summed E-state index contributed by atoms with van der Waals surface area (Å²) >= 11 is 0. The summed E-state index contributed by atoms with van der Waals surface area (Å²) in [6, 6.07) is 9.00. The Morgan fingerprint density at radius 2 is 2.05 bits per heavy atom. The molecule has 1 aliphatic heterocycles. The molecular formula is C13H16LiNO4. The molecule has 2 atom stereocenters. The van der Waals surface area contributed by atoms with Crippen molar-refractivity contribution in [2.24, 2.45) is 0 Å². The summed E-state index contributed by atoms with van der Waals surface area (Å²) in [4.78, 5) is 24.2. The van der Waals surface area contributed by atoms with E-state index in [1.807, 2.05) is 30.3 Å². The van der Waals surface area contributed by atoms with Crippen molar-refractivity contribution in [1.82, 2.24) is 4.90 Å². The zero-order valence-corrected chi connectivity index (χ0v) is 10.1. The van der Waals surface area contributed by atoms with Gasteiger partial charge in [-0.1, -0.05) is 30.3 Å². The van der Waals surface area contributed by atoms with Gasteiger partial charge in [-0.15, -0.1) is 0 Å². The van der Waals surface area contributed by atoms with Crippen molar-refractivity contribution in [2.75, 3.05) is 13.2 Å². The Morgan fingerprint density at radius 1 is 1.42 bits per heavy atom. The first kappa shape index (κ1) is 15.8. The molecular weight excluding hydrogens is 241 g/mol. The molecule has 1 heterocycles. The number of rotatable bonds is 3. The second-order valence-corrected chi connectivity index (χ2v) is 4.26. The maximum atomic E-state index is 12.0. The Balaban J connectivity index is 0.00000180. The van der Waals surface area contributed by atoms with Gasteiger partial charge in [-0.25, -0.2) is 0 Å². The van der Waals surface area contributed by atoms with Gasteiger partial charge in [0, 0.05) is 0 Å². The predicted molar refractivity (Wildman–Crippen MR) is 71.1 cm³/mol. The van der Waals surface area contributed by atoms with E-state index in [1.165, 1.54) is 4.90 Å². The number of carbonyl (C=O) groups is 2. The van der Waals surface area contributed by atoms with Crippen LogP contribution in [-0.4, -0.2) is 60.0 Å². The van der Waals surface area contributed by atoms with Crippen LogP contribution in [0.25, 0.3) is 0 Å². The first-order chi connectivity index (χ1) is 8.59. The third-order valence-corrected chi connectivity index (χ3v) is 3.00. The molecule has 1 N–H and O–H groups in total. The summed E-state index contributed by atoms with van der Waals surface area (Å²) in [6.07, 6.45) is -0.579. The number of hydrogen-bond donors (Lipinski definition) is 1. The van der Waals surface area contributed by atoms with Crippen LogP contribution in [-0.2, 0) is 14.3 Å². The Hall–Kier alpha value is -1.28. The minimum absolute atomic E-state index is 0. The summed E-state index contributed by atoms with van der Waals surface area (Å²) in [5.41, 5.74) is 0.888. The van der Waals surface area contributed by atoms with Gasteiger partial charge in [0.15, 0.2) is 0 Å². The number of morpholine rings is 1. The molecule has 19 heavy (non-hydrogen) atoms. The van der Waals surface area contributed by atoms with E-state index in [-0.39, 0.29) is 37.4 Å². The zero-order chi connectivity index (χ0) is 13.1. The summed E-state index contributed by atoms with van der Waals surface area (Å²) < 4.78 is 5.38. The Bertz CT molecular complexity index is 451. The molecule has 0 aromatic heterocycles. The molecule has 1 saturated heterocycles. The quantitative estimate of drug-likeness (QED) is 0.796. The van der Waals surface area contributed by atoms with Gasteiger partial charge in [-0.2, -0.15) is 0 Å². The van der Waals surface area contributed by atoms with Crippen molar-refractivity contribution in [3.8, 4) is 0 Å². The molecule has 1 fully saturated rings. The molecule has 0 radical (unpaired) electrons. The van der Waals surface area contributed by atoms with E-state index in [0.717, 1.165) is 5.56 Å². The van der Waals surface area contributed by atoms with E-state index in [4.69, 9.17) is 9.84 Å². The van der Waals surface area contributed by atoms with E-state index in [9.17, 15) is 9.59 Å². The molecule has 5 nitrogen and oxygen atoms in total. The SMILES string of the molecule is C[C@@H]1OC[C@@H](c2ccccc2)N(CC(=O)O)C1=O.[LiH]. The molecule has 1 aromatic carbocycles. The number of ether oxygens (including phenoxy) is 1. The average Bonchev–Trinajstić information content (AvgIpc) is 2.36. The van der Waals surface area contributed by atoms with Crippen molar-refractivity contribution < 1.29 is 19.4 Å². The average molecular weight is 257 g/mol. The molecule has 98 valence electrons. The molecule has 0 saturated carbocycles. The first-order valence-electron chi connectivity index (χ1n) is 5.78. The number of aliphatic carboxylic acids is 1. The summed E-state index contributed by atoms with van der Waals surface area (Å²) in [6.45, 7) is 1.66. The van der Waals surface area contributed by atoms with Gasteiger partial charge < -0.3 is 14.7 Å². The Labute approximate surface area is 123 Å².